The van der Waals surface area contributed by atoms with Gasteiger partial charge in [-0.05, 0) is 70.7 Å². The monoisotopic (exact) mass is 631 g/mol. The van der Waals surface area contributed by atoms with Crippen molar-refractivity contribution in [3.8, 4) is 0 Å². The van der Waals surface area contributed by atoms with E-state index in [2.05, 4.69) is 33.6 Å². The SMILES string of the molecule is CCO[C@@H]1Cc2cc(C(F)(F)F)ccc2[C@H]1N1CCN(C2(C)CCN(C(=O)c3c(C)ncnc3C)CC2)C[C@@H]1C.Cl.Cl. The number of nitrogens with zero attached hydrogens (tertiary/aromatic N) is 5. The zero-order valence-electron chi connectivity index (χ0n) is 24.9. The predicted octanol–water partition coefficient (Wildman–Crippen LogP) is 5.66. The lowest BCUT2D eigenvalue weighted by atomic mass is 9.86. The molecule has 3 heterocycles. The van der Waals surface area contributed by atoms with Gasteiger partial charge in [-0.3, -0.25) is 14.6 Å². The molecule has 12 heteroatoms. The van der Waals surface area contributed by atoms with E-state index in [0.29, 0.717) is 43.1 Å². The van der Waals surface area contributed by atoms with Crippen LogP contribution in [0.25, 0.3) is 0 Å². The summed E-state index contributed by atoms with van der Waals surface area (Å²) in [4.78, 5) is 28.6. The average Bonchev–Trinajstić information content (AvgIpc) is 3.25. The highest BCUT2D eigenvalue weighted by molar-refractivity contribution is 5.96. The van der Waals surface area contributed by atoms with E-state index in [1.807, 2.05) is 25.7 Å². The third kappa shape index (κ3) is 6.58. The van der Waals surface area contributed by atoms with Crippen molar-refractivity contribution in [2.24, 2.45) is 0 Å². The number of piperazine rings is 1. The summed E-state index contributed by atoms with van der Waals surface area (Å²) in [5.74, 6) is 0.00591. The Morgan fingerprint density at radius 1 is 1.07 bits per heavy atom. The van der Waals surface area contributed by atoms with Gasteiger partial charge in [-0.15, -0.1) is 24.8 Å². The number of aromatic nitrogens is 2. The van der Waals surface area contributed by atoms with E-state index in [0.717, 1.165) is 43.6 Å². The van der Waals surface area contributed by atoms with Gasteiger partial charge in [-0.2, -0.15) is 13.2 Å². The van der Waals surface area contributed by atoms with Crippen molar-refractivity contribution < 1.29 is 22.7 Å². The summed E-state index contributed by atoms with van der Waals surface area (Å²) in [5.41, 5.74) is 3.11. The highest BCUT2D eigenvalue weighted by Crippen LogP contribution is 2.43. The second-order valence-electron chi connectivity index (χ2n) is 11.8. The van der Waals surface area contributed by atoms with E-state index >= 15 is 0 Å². The third-order valence-electron chi connectivity index (χ3n) is 9.31. The number of aryl methyl sites for hydroxylation is 2. The number of hydrogen-bond donors (Lipinski definition) is 0. The summed E-state index contributed by atoms with van der Waals surface area (Å²) < 4.78 is 46.3. The highest BCUT2D eigenvalue weighted by atomic mass is 35.5. The smallest absolute Gasteiger partial charge is 0.376 e. The van der Waals surface area contributed by atoms with Gasteiger partial charge in [-0.1, -0.05) is 6.07 Å². The van der Waals surface area contributed by atoms with Gasteiger partial charge in [0.2, 0.25) is 0 Å². The quantitative estimate of drug-likeness (QED) is 0.424. The molecule has 0 N–H and O–H groups in total. The number of hydrogen-bond acceptors (Lipinski definition) is 6. The van der Waals surface area contributed by atoms with Crippen LogP contribution in [0.3, 0.4) is 0 Å². The summed E-state index contributed by atoms with van der Waals surface area (Å²) in [5, 5.41) is 0. The van der Waals surface area contributed by atoms with Gasteiger partial charge in [-0.25, -0.2) is 9.97 Å². The maximum absolute atomic E-state index is 13.4. The Bertz CT molecular complexity index is 1240. The normalized spacial score (nSPS) is 24.5. The van der Waals surface area contributed by atoms with Crippen molar-refractivity contribution in [3.63, 3.8) is 0 Å². The predicted molar refractivity (Wildman–Crippen MR) is 161 cm³/mol. The lowest BCUT2D eigenvalue weighted by Crippen LogP contribution is -2.62. The number of rotatable bonds is 5. The summed E-state index contributed by atoms with van der Waals surface area (Å²) in [6.07, 6.45) is -0.754. The summed E-state index contributed by atoms with van der Waals surface area (Å²) in [6.45, 7) is 14.6. The maximum Gasteiger partial charge on any atom is 0.416 e. The van der Waals surface area contributed by atoms with Crippen molar-refractivity contribution >= 4 is 30.7 Å². The van der Waals surface area contributed by atoms with Crippen LogP contribution in [-0.2, 0) is 17.3 Å². The Kier molecular flexibility index (Phi) is 11.0. The van der Waals surface area contributed by atoms with Crippen LogP contribution in [0.4, 0.5) is 13.2 Å². The van der Waals surface area contributed by atoms with Gasteiger partial charge in [0.1, 0.15) is 6.33 Å². The van der Waals surface area contributed by atoms with Crippen LogP contribution in [0.1, 0.15) is 78.1 Å². The minimum Gasteiger partial charge on any atom is -0.376 e. The Morgan fingerprint density at radius 2 is 1.71 bits per heavy atom. The minimum absolute atomic E-state index is 0. The molecule has 2 saturated heterocycles. The first-order valence-corrected chi connectivity index (χ1v) is 14.3. The van der Waals surface area contributed by atoms with Gasteiger partial charge in [0.05, 0.1) is 34.7 Å². The minimum atomic E-state index is -4.35. The van der Waals surface area contributed by atoms with Crippen LogP contribution < -0.4 is 0 Å². The van der Waals surface area contributed by atoms with Crippen LogP contribution in [-0.4, -0.2) is 87.6 Å². The first-order valence-electron chi connectivity index (χ1n) is 14.3. The molecule has 5 rings (SSSR count). The van der Waals surface area contributed by atoms with E-state index in [1.54, 1.807) is 6.07 Å². The first-order chi connectivity index (χ1) is 18.9. The van der Waals surface area contributed by atoms with Crippen molar-refractivity contribution in [2.75, 3.05) is 39.3 Å². The fourth-order valence-corrected chi connectivity index (χ4v) is 6.98. The number of carbonyl (C=O) groups is 1. The molecule has 0 radical (unpaired) electrons. The van der Waals surface area contributed by atoms with Gasteiger partial charge < -0.3 is 9.64 Å². The van der Waals surface area contributed by atoms with Gasteiger partial charge in [0.25, 0.3) is 5.91 Å². The van der Waals surface area contributed by atoms with Crippen molar-refractivity contribution in [1.29, 1.82) is 0 Å². The lowest BCUT2D eigenvalue weighted by molar-refractivity contribution is -0.137. The average molecular weight is 633 g/mol. The second-order valence-corrected chi connectivity index (χ2v) is 11.8. The third-order valence-corrected chi connectivity index (χ3v) is 9.31. The molecule has 0 saturated carbocycles. The second kappa shape index (κ2) is 13.3. The number of ether oxygens (including phenoxy) is 1. The summed E-state index contributed by atoms with van der Waals surface area (Å²) in [7, 11) is 0. The van der Waals surface area contributed by atoms with Crippen LogP contribution in [0, 0.1) is 13.8 Å². The van der Waals surface area contributed by atoms with E-state index in [9.17, 15) is 18.0 Å². The van der Waals surface area contributed by atoms with Crippen molar-refractivity contribution in [3.05, 3.63) is 58.2 Å². The number of carbonyl (C=O) groups excluding carboxylic acids is 1. The van der Waals surface area contributed by atoms with Crippen molar-refractivity contribution in [1.82, 2.24) is 24.7 Å². The number of piperidine rings is 1. The first kappa shape index (κ1) is 34.5. The molecule has 2 aromatic rings. The van der Waals surface area contributed by atoms with Gasteiger partial charge in [0, 0.05) is 57.3 Å². The van der Waals surface area contributed by atoms with Crippen LogP contribution in [0.2, 0.25) is 0 Å². The molecule has 1 aliphatic carbocycles. The number of likely N-dealkylation sites (tertiary alicyclic amines) is 1. The Morgan fingerprint density at radius 3 is 2.29 bits per heavy atom. The molecule has 0 unspecified atom stereocenters. The van der Waals surface area contributed by atoms with E-state index in [4.69, 9.17) is 4.74 Å². The highest BCUT2D eigenvalue weighted by Gasteiger charge is 2.45. The molecule has 0 bridgehead atoms. The molecule has 3 atom stereocenters. The molecule has 3 aliphatic rings. The standard InChI is InChI=1S/C30H40F3N5O2.2ClH/c1-6-40-25-16-22-15-23(30(31,32)33)7-8-24(22)27(25)38-14-13-37(17-19(38)2)29(5)9-11-36(12-10-29)28(39)26-20(3)34-18-35-21(26)4;;/h7-8,15,18-19,25,27H,6,9-14,16-17H2,1-5H3;2*1H/t19-,25+,27+;;/m0../s1. The van der Waals surface area contributed by atoms with Crippen LogP contribution in [0.15, 0.2) is 24.5 Å². The number of alkyl halides is 3. The number of amides is 1. The zero-order valence-corrected chi connectivity index (χ0v) is 26.5. The zero-order chi connectivity index (χ0) is 28.8. The fourth-order valence-electron chi connectivity index (χ4n) is 6.98. The molecule has 234 valence electrons. The largest absolute Gasteiger partial charge is 0.416 e. The molecule has 1 aromatic carbocycles. The Hall–Kier alpha value is -1.98. The van der Waals surface area contributed by atoms with Crippen LogP contribution in [0.5, 0.6) is 0 Å². The van der Waals surface area contributed by atoms with E-state index < -0.39 is 11.7 Å². The molecular formula is C30H42Cl2F3N5O2. The summed E-state index contributed by atoms with van der Waals surface area (Å²) >= 11 is 0. The molecular weight excluding hydrogens is 590 g/mol. The van der Waals surface area contributed by atoms with Crippen LogP contribution >= 0.6 is 24.8 Å². The van der Waals surface area contributed by atoms with E-state index in [-0.39, 0.29) is 54.4 Å². The Labute approximate surface area is 259 Å². The summed E-state index contributed by atoms with van der Waals surface area (Å²) in [6, 6.07) is 4.33. The van der Waals surface area contributed by atoms with Gasteiger partial charge >= 0.3 is 6.18 Å². The van der Waals surface area contributed by atoms with Gasteiger partial charge in [0.15, 0.2) is 0 Å². The molecule has 1 aromatic heterocycles. The van der Waals surface area contributed by atoms with E-state index in [1.165, 1.54) is 18.5 Å². The topological polar surface area (TPSA) is 61.8 Å². The fraction of sp³-hybridized carbons (Fsp3) is 0.633. The Balaban J connectivity index is 0.00000242. The maximum atomic E-state index is 13.4. The molecule has 2 aliphatic heterocycles. The molecule has 2 fully saturated rings. The molecule has 7 nitrogen and oxygen atoms in total. The number of fused-ring (bicyclic) bond motifs is 1. The van der Waals surface area contributed by atoms with Crippen molar-refractivity contribution in [2.45, 2.75) is 83.8 Å². The lowest BCUT2D eigenvalue weighted by Gasteiger charge is -2.53. The number of halogens is 5. The molecule has 0 spiro atoms. The molecule has 1 amide bonds. The number of benzene rings is 1. The molecule has 42 heavy (non-hydrogen) atoms.